The maximum atomic E-state index is 12.6. The summed E-state index contributed by atoms with van der Waals surface area (Å²) in [4.78, 5) is 37.3. The summed E-state index contributed by atoms with van der Waals surface area (Å²) in [6, 6.07) is 9.43. The number of nitrogens with one attached hydrogen (secondary N) is 1. The Morgan fingerprint density at radius 2 is 1.90 bits per heavy atom. The van der Waals surface area contributed by atoms with Crippen LogP contribution in [0.3, 0.4) is 0 Å². The molecule has 1 fully saturated rings. The van der Waals surface area contributed by atoms with Crippen molar-refractivity contribution in [3.8, 4) is 11.1 Å². The Hall–Kier alpha value is -2.93. The quantitative estimate of drug-likeness (QED) is 0.529. The molecule has 2 bridgehead atoms. The van der Waals surface area contributed by atoms with E-state index in [1.54, 1.807) is 6.92 Å². The first kappa shape index (κ1) is 20.3. The zero-order valence-corrected chi connectivity index (χ0v) is 17.4. The highest BCUT2D eigenvalue weighted by molar-refractivity contribution is 7.15. The summed E-state index contributed by atoms with van der Waals surface area (Å²) < 4.78 is 10.4. The SMILES string of the molecule is CCOC(=O)c1c(-c2ccccc2)csc1NC(=O)COC(=O)C1CC2C=CC1C2. The molecular weight excluding hydrogens is 402 g/mol. The first-order valence-electron chi connectivity index (χ1n) is 10.1. The van der Waals surface area contributed by atoms with E-state index in [4.69, 9.17) is 9.47 Å². The molecule has 3 unspecified atom stereocenters. The van der Waals surface area contributed by atoms with Crippen LogP contribution >= 0.6 is 11.3 Å². The van der Waals surface area contributed by atoms with Crippen molar-refractivity contribution in [1.82, 2.24) is 0 Å². The number of hydrogen-bond donors (Lipinski definition) is 1. The molecule has 0 saturated heterocycles. The maximum Gasteiger partial charge on any atom is 0.341 e. The zero-order chi connectivity index (χ0) is 21.1. The molecule has 0 spiro atoms. The fraction of sp³-hybridized carbons (Fsp3) is 0.348. The molecule has 7 heteroatoms. The van der Waals surface area contributed by atoms with Crippen LogP contribution in [0.5, 0.6) is 0 Å². The number of thiophene rings is 1. The van der Waals surface area contributed by atoms with Gasteiger partial charge in [-0.25, -0.2) is 4.79 Å². The molecular formula is C23H23NO5S. The van der Waals surface area contributed by atoms with Gasteiger partial charge in [0.2, 0.25) is 0 Å². The lowest BCUT2D eigenvalue weighted by Crippen LogP contribution is -2.27. The van der Waals surface area contributed by atoms with Gasteiger partial charge in [0, 0.05) is 10.9 Å². The maximum absolute atomic E-state index is 12.6. The third kappa shape index (κ3) is 4.16. The predicted octanol–water partition coefficient (Wildman–Crippen LogP) is 4.29. The second-order valence-corrected chi connectivity index (χ2v) is 8.36. The van der Waals surface area contributed by atoms with E-state index in [-0.39, 0.29) is 31.0 Å². The molecule has 1 aromatic heterocycles. The lowest BCUT2D eigenvalue weighted by Gasteiger charge is -2.16. The van der Waals surface area contributed by atoms with Gasteiger partial charge >= 0.3 is 11.9 Å². The standard InChI is InChI=1S/C23H23NO5S/c1-2-28-23(27)20-18(15-6-4-3-5-7-15)13-30-21(20)24-19(25)12-29-22(26)17-11-14-8-9-16(17)10-14/h3-9,13-14,16-17H,2,10-12H2,1H3,(H,24,25). The average molecular weight is 426 g/mol. The normalized spacial score (nSPS) is 21.4. The van der Waals surface area contributed by atoms with E-state index < -0.39 is 11.9 Å². The molecule has 1 amide bonds. The molecule has 3 atom stereocenters. The largest absolute Gasteiger partial charge is 0.462 e. The van der Waals surface area contributed by atoms with E-state index in [1.165, 1.54) is 11.3 Å². The van der Waals surface area contributed by atoms with Gasteiger partial charge in [0.15, 0.2) is 6.61 Å². The molecule has 0 radical (unpaired) electrons. The van der Waals surface area contributed by atoms with Gasteiger partial charge in [-0.15, -0.1) is 11.3 Å². The monoisotopic (exact) mass is 425 g/mol. The number of anilines is 1. The van der Waals surface area contributed by atoms with Crippen molar-refractivity contribution < 1.29 is 23.9 Å². The van der Waals surface area contributed by atoms with Gasteiger partial charge in [-0.2, -0.15) is 0 Å². The van der Waals surface area contributed by atoms with Crippen LogP contribution in [0.2, 0.25) is 0 Å². The molecule has 1 N–H and O–H groups in total. The van der Waals surface area contributed by atoms with Crippen LogP contribution in [0, 0.1) is 17.8 Å². The Labute approximate surface area is 178 Å². The van der Waals surface area contributed by atoms with E-state index in [1.807, 2.05) is 35.7 Å². The third-order valence-electron chi connectivity index (χ3n) is 5.54. The van der Waals surface area contributed by atoms with Crippen LogP contribution in [0.15, 0.2) is 47.9 Å². The zero-order valence-electron chi connectivity index (χ0n) is 16.6. The van der Waals surface area contributed by atoms with Crippen LogP contribution in [0.4, 0.5) is 5.00 Å². The minimum Gasteiger partial charge on any atom is -0.462 e. The fourth-order valence-electron chi connectivity index (χ4n) is 4.14. The van der Waals surface area contributed by atoms with Crippen LogP contribution in [0.25, 0.3) is 11.1 Å². The van der Waals surface area contributed by atoms with Crippen molar-refractivity contribution in [2.24, 2.45) is 17.8 Å². The van der Waals surface area contributed by atoms with Crippen molar-refractivity contribution in [1.29, 1.82) is 0 Å². The highest BCUT2D eigenvalue weighted by Crippen LogP contribution is 2.44. The smallest absolute Gasteiger partial charge is 0.341 e. The Bertz CT molecular complexity index is 981. The highest BCUT2D eigenvalue weighted by atomic mass is 32.1. The van der Waals surface area contributed by atoms with Crippen molar-refractivity contribution in [3.63, 3.8) is 0 Å². The lowest BCUT2D eigenvalue weighted by molar-refractivity contribution is -0.152. The molecule has 156 valence electrons. The average Bonchev–Trinajstić information content (AvgIpc) is 3.48. The van der Waals surface area contributed by atoms with E-state index >= 15 is 0 Å². The number of ether oxygens (including phenoxy) is 2. The first-order chi connectivity index (χ1) is 14.6. The van der Waals surface area contributed by atoms with E-state index in [0.29, 0.717) is 22.0 Å². The van der Waals surface area contributed by atoms with Gasteiger partial charge in [0.1, 0.15) is 10.6 Å². The van der Waals surface area contributed by atoms with Crippen LogP contribution < -0.4 is 5.32 Å². The number of carbonyl (C=O) groups excluding carboxylic acids is 3. The van der Waals surface area contributed by atoms with Gasteiger partial charge in [-0.05, 0) is 37.2 Å². The molecule has 4 rings (SSSR count). The molecule has 30 heavy (non-hydrogen) atoms. The van der Waals surface area contributed by atoms with Crippen molar-refractivity contribution in [2.75, 3.05) is 18.5 Å². The number of fused-ring (bicyclic) bond motifs is 2. The predicted molar refractivity (Wildman–Crippen MR) is 114 cm³/mol. The number of rotatable bonds is 7. The molecule has 2 aliphatic carbocycles. The fourth-order valence-corrected chi connectivity index (χ4v) is 5.12. The number of allylic oxidation sites excluding steroid dienone is 2. The Morgan fingerprint density at radius 3 is 2.57 bits per heavy atom. The summed E-state index contributed by atoms with van der Waals surface area (Å²) in [5.41, 5.74) is 1.86. The molecule has 1 aromatic carbocycles. The summed E-state index contributed by atoms with van der Waals surface area (Å²) in [6.45, 7) is 1.58. The highest BCUT2D eigenvalue weighted by Gasteiger charge is 2.40. The summed E-state index contributed by atoms with van der Waals surface area (Å²) in [5.74, 6) is -0.784. The molecule has 2 aromatic rings. The molecule has 1 saturated carbocycles. The summed E-state index contributed by atoms with van der Waals surface area (Å²) in [7, 11) is 0. The van der Waals surface area contributed by atoms with Gasteiger partial charge in [-0.3, -0.25) is 9.59 Å². The second-order valence-electron chi connectivity index (χ2n) is 7.48. The minimum absolute atomic E-state index is 0.158. The number of benzene rings is 1. The topological polar surface area (TPSA) is 81.7 Å². The molecule has 6 nitrogen and oxygen atoms in total. The third-order valence-corrected chi connectivity index (χ3v) is 6.43. The van der Waals surface area contributed by atoms with Crippen LogP contribution in [-0.4, -0.2) is 31.1 Å². The van der Waals surface area contributed by atoms with Gasteiger partial charge < -0.3 is 14.8 Å². The number of esters is 2. The molecule has 2 aliphatic rings. The van der Waals surface area contributed by atoms with E-state index in [2.05, 4.69) is 17.5 Å². The van der Waals surface area contributed by atoms with Crippen molar-refractivity contribution in [3.05, 3.63) is 53.4 Å². The minimum atomic E-state index is -0.501. The number of carbonyl (C=O) groups is 3. The Balaban J connectivity index is 1.43. The Kier molecular flexibility index (Phi) is 5.99. The van der Waals surface area contributed by atoms with Crippen LogP contribution in [-0.2, 0) is 19.1 Å². The lowest BCUT2D eigenvalue weighted by atomic mass is 9.94. The van der Waals surface area contributed by atoms with Crippen LogP contribution in [0.1, 0.15) is 30.1 Å². The summed E-state index contributed by atoms with van der Waals surface area (Å²) in [5, 5.41) is 4.90. The van der Waals surface area contributed by atoms with Gasteiger partial charge in [0.05, 0.1) is 12.5 Å². The second kappa shape index (κ2) is 8.83. The van der Waals surface area contributed by atoms with Crippen molar-refractivity contribution in [2.45, 2.75) is 19.8 Å². The summed E-state index contributed by atoms with van der Waals surface area (Å²) in [6.07, 6.45) is 6.01. The van der Waals surface area contributed by atoms with Gasteiger partial charge in [0.25, 0.3) is 5.91 Å². The van der Waals surface area contributed by atoms with Crippen molar-refractivity contribution >= 4 is 34.2 Å². The van der Waals surface area contributed by atoms with Gasteiger partial charge in [-0.1, -0.05) is 42.5 Å². The number of amides is 1. The van der Waals surface area contributed by atoms with E-state index in [9.17, 15) is 14.4 Å². The summed E-state index contributed by atoms with van der Waals surface area (Å²) >= 11 is 1.24. The Morgan fingerprint density at radius 1 is 1.10 bits per heavy atom. The molecule has 1 heterocycles. The molecule has 0 aliphatic heterocycles. The van der Waals surface area contributed by atoms with E-state index in [0.717, 1.165) is 18.4 Å². The number of hydrogen-bond acceptors (Lipinski definition) is 6. The first-order valence-corrected chi connectivity index (χ1v) is 10.9.